The van der Waals surface area contributed by atoms with Crippen LogP contribution in [-0.2, 0) is 6.42 Å². The third kappa shape index (κ3) is 3.49. The van der Waals surface area contributed by atoms with E-state index in [1.54, 1.807) is 24.3 Å². The Morgan fingerprint density at radius 3 is 2.45 bits per heavy atom. The summed E-state index contributed by atoms with van der Waals surface area (Å²) in [6.07, 6.45) is -3.50. The van der Waals surface area contributed by atoms with Gasteiger partial charge in [-0.05, 0) is 36.1 Å². The van der Waals surface area contributed by atoms with Crippen molar-refractivity contribution in [3.8, 4) is 0 Å². The van der Waals surface area contributed by atoms with Crippen molar-refractivity contribution >= 4 is 5.97 Å². The molecule has 0 aromatic heterocycles. The molecule has 2 rings (SSSR count). The fraction of sp³-hybridized carbons (Fsp3) is 0.235. The first-order chi connectivity index (χ1) is 10.4. The van der Waals surface area contributed by atoms with Crippen molar-refractivity contribution in [1.29, 1.82) is 0 Å². The van der Waals surface area contributed by atoms with Gasteiger partial charge in [0.15, 0.2) is 0 Å². The van der Waals surface area contributed by atoms with E-state index in [0.717, 1.165) is 0 Å². The van der Waals surface area contributed by atoms with Crippen molar-refractivity contribution < 1.29 is 23.8 Å². The SMILES string of the molecule is C[C@H](O)c1ccc(Cc2ccccc2C(=O)[O-])cc1C(F)F. The molecule has 0 aliphatic heterocycles. The highest BCUT2D eigenvalue weighted by Gasteiger charge is 2.17. The first-order valence-corrected chi connectivity index (χ1v) is 6.78. The lowest BCUT2D eigenvalue weighted by atomic mass is 9.95. The molecule has 22 heavy (non-hydrogen) atoms. The van der Waals surface area contributed by atoms with Gasteiger partial charge in [0.05, 0.1) is 12.1 Å². The molecule has 5 heteroatoms. The average molecular weight is 305 g/mol. The summed E-state index contributed by atoms with van der Waals surface area (Å²) in [6.45, 7) is 1.42. The van der Waals surface area contributed by atoms with Gasteiger partial charge in [-0.2, -0.15) is 0 Å². The zero-order valence-corrected chi connectivity index (χ0v) is 11.9. The van der Waals surface area contributed by atoms with Crippen LogP contribution in [0.2, 0.25) is 0 Å². The number of alkyl halides is 2. The second-order valence-electron chi connectivity index (χ2n) is 5.06. The Morgan fingerprint density at radius 1 is 1.18 bits per heavy atom. The molecule has 0 aliphatic rings. The van der Waals surface area contributed by atoms with E-state index in [-0.39, 0.29) is 23.1 Å². The topological polar surface area (TPSA) is 60.4 Å². The van der Waals surface area contributed by atoms with Crippen molar-refractivity contribution in [1.82, 2.24) is 0 Å². The van der Waals surface area contributed by atoms with Gasteiger partial charge >= 0.3 is 0 Å². The summed E-state index contributed by atoms with van der Waals surface area (Å²) >= 11 is 0. The fourth-order valence-corrected chi connectivity index (χ4v) is 2.40. The van der Waals surface area contributed by atoms with E-state index >= 15 is 0 Å². The number of carbonyl (C=O) groups is 1. The maximum Gasteiger partial charge on any atom is 0.264 e. The molecule has 0 radical (unpaired) electrons. The Morgan fingerprint density at radius 2 is 1.86 bits per heavy atom. The smallest absolute Gasteiger partial charge is 0.264 e. The van der Waals surface area contributed by atoms with Gasteiger partial charge in [-0.1, -0.05) is 36.4 Å². The van der Waals surface area contributed by atoms with E-state index in [0.29, 0.717) is 11.1 Å². The number of hydrogen-bond donors (Lipinski definition) is 1. The van der Waals surface area contributed by atoms with Crippen LogP contribution < -0.4 is 5.11 Å². The van der Waals surface area contributed by atoms with Gasteiger partial charge in [-0.3, -0.25) is 0 Å². The maximum atomic E-state index is 13.1. The number of carboxylic acid groups (broad SMARTS) is 1. The molecular formula is C17H15F2O3-. The van der Waals surface area contributed by atoms with E-state index in [2.05, 4.69) is 0 Å². The van der Waals surface area contributed by atoms with Gasteiger partial charge in [-0.15, -0.1) is 0 Å². The van der Waals surface area contributed by atoms with Crippen molar-refractivity contribution in [2.24, 2.45) is 0 Å². The van der Waals surface area contributed by atoms with Crippen LogP contribution >= 0.6 is 0 Å². The zero-order valence-electron chi connectivity index (χ0n) is 11.9. The van der Waals surface area contributed by atoms with Gasteiger partial charge in [0, 0.05) is 11.1 Å². The normalized spacial score (nSPS) is 12.4. The lowest BCUT2D eigenvalue weighted by Gasteiger charge is -2.15. The van der Waals surface area contributed by atoms with Crippen molar-refractivity contribution in [3.05, 3.63) is 70.3 Å². The molecule has 1 atom stereocenters. The molecule has 3 nitrogen and oxygen atoms in total. The first-order valence-electron chi connectivity index (χ1n) is 6.78. The molecule has 0 aliphatic carbocycles. The summed E-state index contributed by atoms with van der Waals surface area (Å²) in [5, 5.41) is 20.6. The van der Waals surface area contributed by atoms with E-state index < -0.39 is 18.5 Å². The van der Waals surface area contributed by atoms with Crippen LogP contribution in [0, 0.1) is 0 Å². The lowest BCUT2D eigenvalue weighted by Crippen LogP contribution is -2.23. The second-order valence-corrected chi connectivity index (χ2v) is 5.06. The number of rotatable bonds is 5. The molecule has 0 heterocycles. The van der Waals surface area contributed by atoms with Crippen LogP contribution in [0.3, 0.4) is 0 Å². The lowest BCUT2D eigenvalue weighted by molar-refractivity contribution is -0.255. The molecule has 0 saturated heterocycles. The highest BCUT2D eigenvalue weighted by molar-refractivity contribution is 5.87. The zero-order chi connectivity index (χ0) is 16.3. The van der Waals surface area contributed by atoms with Gasteiger partial charge < -0.3 is 15.0 Å². The van der Waals surface area contributed by atoms with Crippen LogP contribution in [0.1, 0.15) is 52.1 Å². The third-order valence-corrected chi connectivity index (χ3v) is 3.47. The van der Waals surface area contributed by atoms with Crippen molar-refractivity contribution in [2.45, 2.75) is 25.9 Å². The van der Waals surface area contributed by atoms with Crippen molar-refractivity contribution in [2.75, 3.05) is 0 Å². The van der Waals surface area contributed by atoms with Gasteiger partial charge in [0.2, 0.25) is 0 Å². The van der Waals surface area contributed by atoms with Crippen LogP contribution in [-0.4, -0.2) is 11.1 Å². The van der Waals surface area contributed by atoms with E-state index in [1.165, 1.54) is 25.1 Å². The van der Waals surface area contributed by atoms with Gasteiger partial charge in [-0.25, -0.2) is 8.78 Å². The number of hydrogen-bond acceptors (Lipinski definition) is 3. The number of carbonyl (C=O) groups excluding carboxylic acids is 1. The summed E-state index contributed by atoms with van der Waals surface area (Å²) in [5.41, 5.74) is 1.02. The summed E-state index contributed by atoms with van der Waals surface area (Å²) in [6, 6.07) is 10.7. The summed E-state index contributed by atoms with van der Waals surface area (Å²) < 4.78 is 26.2. The van der Waals surface area contributed by atoms with E-state index in [4.69, 9.17) is 0 Å². The molecule has 1 N–H and O–H groups in total. The minimum absolute atomic E-state index is 0.0423. The second kappa shape index (κ2) is 6.66. The Labute approximate surface area is 126 Å². The number of halogens is 2. The van der Waals surface area contributed by atoms with Crippen LogP contribution in [0.25, 0.3) is 0 Å². The van der Waals surface area contributed by atoms with E-state index in [9.17, 15) is 23.8 Å². The molecule has 2 aromatic carbocycles. The van der Waals surface area contributed by atoms with Crippen molar-refractivity contribution in [3.63, 3.8) is 0 Å². The minimum atomic E-state index is -2.71. The molecule has 116 valence electrons. The minimum Gasteiger partial charge on any atom is -0.545 e. The largest absolute Gasteiger partial charge is 0.545 e. The third-order valence-electron chi connectivity index (χ3n) is 3.47. The molecule has 0 saturated carbocycles. The predicted octanol–water partition coefficient (Wildman–Crippen LogP) is 2.63. The number of aliphatic hydroxyl groups is 1. The quantitative estimate of drug-likeness (QED) is 0.923. The molecule has 0 fully saturated rings. The highest BCUT2D eigenvalue weighted by Crippen LogP contribution is 2.29. The number of aromatic carboxylic acids is 1. The fourth-order valence-electron chi connectivity index (χ4n) is 2.40. The maximum absolute atomic E-state index is 13.1. The van der Waals surface area contributed by atoms with Gasteiger partial charge in [0.1, 0.15) is 0 Å². The van der Waals surface area contributed by atoms with Crippen LogP contribution in [0.5, 0.6) is 0 Å². The Balaban J connectivity index is 2.39. The number of aliphatic hydroxyl groups excluding tert-OH is 1. The Kier molecular flexibility index (Phi) is 4.88. The van der Waals surface area contributed by atoms with Crippen LogP contribution in [0.4, 0.5) is 8.78 Å². The van der Waals surface area contributed by atoms with Gasteiger partial charge in [0.25, 0.3) is 6.43 Å². The Bertz CT molecular complexity index is 681. The monoisotopic (exact) mass is 305 g/mol. The molecule has 0 amide bonds. The average Bonchev–Trinajstić information content (AvgIpc) is 2.47. The molecular weight excluding hydrogens is 290 g/mol. The van der Waals surface area contributed by atoms with E-state index in [1.807, 2.05) is 0 Å². The summed E-state index contributed by atoms with van der Waals surface area (Å²) in [7, 11) is 0. The molecule has 0 unspecified atom stereocenters. The standard InChI is InChI=1S/C17H16F2O3/c1-10(20)13-7-6-11(9-15(13)16(18)19)8-12-4-2-3-5-14(12)17(21)22/h2-7,9-10,16,20H,8H2,1H3,(H,21,22)/p-1/t10-/m0/s1. The van der Waals surface area contributed by atoms with Crippen LogP contribution in [0.15, 0.2) is 42.5 Å². The predicted molar refractivity (Wildman–Crippen MR) is 75.6 cm³/mol. The molecule has 2 aromatic rings. The first kappa shape index (κ1) is 16.1. The number of carboxylic acids is 1. The molecule has 0 spiro atoms. The summed E-state index contributed by atoms with van der Waals surface area (Å²) in [4.78, 5) is 11.1. The Hall–Kier alpha value is -2.27. The number of benzene rings is 2. The molecule has 0 bridgehead atoms. The summed E-state index contributed by atoms with van der Waals surface area (Å²) in [5.74, 6) is -1.30. The highest BCUT2D eigenvalue weighted by atomic mass is 19.3.